The second-order valence-electron chi connectivity index (χ2n) is 7.45. The Labute approximate surface area is 157 Å². The molecule has 1 aromatic rings. The van der Waals surface area contributed by atoms with E-state index in [1.807, 2.05) is 0 Å². The van der Waals surface area contributed by atoms with Crippen LogP contribution in [0.1, 0.15) is 59.9 Å². The predicted octanol–water partition coefficient (Wildman–Crippen LogP) is 3.00. The van der Waals surface area contributed by atoms with Crippen molar-refractivity contribution in [1.82, 2.24) is 4.90 Å². The van der Waals surface area contributed by atoms with Gasteiger partial charge >= 0.3 is 18.0 Å². The summed E-state index contributed by atoms with van der Waals surface area (Å²) < 4.78 is 11.2. The zero-order valence-electron chi connectivity index (χ0n) is 15.7. The lowest BCUT2D eigenvalue weighted by Crippen LogP contribution is -2.45. The highest BCUT2D eigenvalue weighted by Gasteiger charge is 2.28. The molecule has 2 N–H and O–H groups in total. The van der Waals surface area contributed by atoms with Crippen LogP contribution in [0.25, 0.3) is 0 Å². The smallest absolute Gasteiger partial charge is 0.410 e. The van der Waals surface area contributed by atoms with Gasteiger partial charge in [-0.1, -0.05) is 12.1 Å². The summed E-state index contributed by atoms with van der Waals surface area (Å²) in [5.74, 6) is -2.62. The van der Waals surface area contributed by atoms with Crippen molar-refractivity contribution in [3.8, 4) is 0 Å². The molecule has 1 fully saturated rings. The van der Waals surface area contributed by atoms with Crippen LogP contribution in [0.15, 0.2) is 18.2 Å². The molecule has 1 amide bonds. The molecule has 0 aliphatic carbocycles. The van der Waals surface area contributed by atoms with Gasteiger partial charge in [0.15, 0.2) is 0 Å². The second-order valence-corrected chi connectivity index (χ2v) is 7.45. The Morgan fingerprint density at radius 3 is 2.48 bits per heavy atom. The molecular weight excluding hydrogens is 354 g/mol. The van der Waals surface area contributed by atoms with Crippen molar-refractivity contribution in [2.75, 3.05) is 13.1 Å². The number of rotatable bonds is 5. The van der Waals surface area contributed by atoms with Gasteiger partial charge in [-0.05, 0) is 45.2 Å². The van der Waals surface area contributed by atoms with Crippen molar-refractivity contribution in [2.24, 2.45) is 0 Å². The van der Waals surface area contributed by atoms with E-state index >= 15 is 0 Å². The topological polar surface area (TPSA) is 113 Å². The van der Waals surface area contributed by atoms with Gasteiger partial charge in [-0.15, -0.1) is 0 Å². The lowest BCUT2D eigenvalue weighted by molar-refractivity contribution is -0.0260. The first-order valence-corrected chi connectivity index (χ1v) is 8.76. The highest BCUT2D eigenvalue weighted by Crippen LogP contribution is 2.21. The van der Waals surface area contributed by atoms with Crippen molar-refractivity contribution in [3.05, 3.63) is 34.9 Å². The van der Waals surface area contributed by atoms with Crippen LogP contribution in [0, 0.1) is 0 Å². The summed E-state index contributed by atoms with van der Waals surface area (Å²) in [5, 5.41) is 18.5. The number of carbonyl (C=O) groups is 3. The third-order valence-electron chi connectivity index (χ3n) is 4.10. The molecule has 2 rings (SSSR count). The molecule has 1 aliphatic rings. The highest BCUT2D eigenvalue weighted by molar-refractivity contribution is 6.02. The van der Waals surface area contributed by atoms with E-state index in [4.69, 9.17) is 9.47 Å². The van der Waals surface area contributed by atoms with E-state index in [0.717, 1.165) is 12.8 Å². The number of carbonyl (C=O) groups excluding carboxylic acids is 1. The summed E-state index contributed by atoms with van der Waals surface area (Å²) in [5.41, 5.74) is -0.845. The van der Waals surface area contributed by atoms with Crippen LogP contribution in [0.4, 0.5) is 4.79 Å². The zero-order valence-corrected chi connectivity index (χ0v) is 15.7. The zero-order chi connectivity index (χ0) is 20.2. The highest BCUT2D eigenvalue weighted by atomic mass is 16.6. The fourth-order valence-corrected chi connectivity index (χ4v) is 2.93. The van der Waals surface area contributed by atoms with Gasteiger partial charge in [0.2, 0.25) is 0 Å². The SMILES string of the molecule is CC(C)(C)OC(=O)N1CCC[C@H](OCc2cccc(C(=O)O)c2C(=O)O)C1. The van der Waals surface area contributed by atoms with Gasteiger partial charge in [0.1, 0.15) is 5.60 Å². The minimum absolute atomic E-state index is 0.0461. The normalized spacial score (nSPS) is 17.4. The van der Waals surface area contributed by atoms with Crippen molar-refractivity contribution in [3.63, 3.8) is 0 Å². The maximum absolute atomic E-state index is 12.2. The van der Waals surface area contributed by atoms with Crippen LogP contribution in [-0.2, 0) is 16.1 Å². The van der Waals surface area contributed by atoms with E-state index < -0.39 is 23.6 Å². The van der Waals surface area contributed by atoms with Crippen molar-refractivity contribution in [2.45, 2.75) is 51.9 Å². The molecule has 8 nitrogen and oxygen atoms in total. The van der Waals surface area contributed by atoms with Gasteiger partial charge in [0.25, 0.3) is 0 Å². The molecule has 0 unspecified atom stereocenters. The standard InChI is InChI=1S/C19H25NO7/c1-19(2,3)27-18(25)20-9-5-7-13(10-20)26-11-12-6-4-8-14(16(21)22)15(12)17(23)24/h4,6,8,13H,5,7,9-11H2,1-3H3,(H,21,22)(H,23,24)/t13-/m0/s1. The summed E-state index contributed by atoms with van der Waals surface area (Å²) in [6.45, 7) is 6.26. The predicted molar refractivity (Wildman–Crippen MR) is 96.0 cm³/mol. The first-order chi connectivity index (χ1) is 12.6. The molecule has 8 heteroatoms. The van der Waals surface area contributed by atoms with Crippen LogP contribution in [-0.4, -0.2) is 57.9 Å². The van der Waals surface area contributed by atoms with Gasteiger partial charge < -0.3 is 24.6 Å². The number of hydrogen-bond acceptors (Lipinski definition) is 5. The first-order valence-electron chi connectivity index (χ1n) is 8.76. The fraction of sp³-hybridized carbons (Fsp3) is 0.526. The Bertz CT molecular complexity index is 723. The third-order valence-corrected chi connectivity index (χ3v) is 4.10. The maximum Gasteiger partial charge on any atom is 0.410 e. The average molecular weight is 379 g/mol. The molecule has 148 valence electrons. The van der Waals surface area contributed by atoms with Gasteiger partial charge in [0, 0.05) is 6.54 Å². The van der Waals surface area contributed by atoms with Crippen LogP contribution in [0.2, 0.25) is 0 Å². The summed E-state index contributed by atoms with van der Waals surface area (Å²) >= 11 is 0. The first kappa shape index (κ1) is 20.7. The number of carboxylic acid groups (broad SMARTS) is 2. The largest absolute Gasteiger partial charge is 0.478 e. The summed E-state index contributed by atoms with van der Waals surface area (Å²) in [4.78, 5) is 36.5. The Kier molecular flexibility index (Phi) is 6.43. The number of aromatic carboxylic acids is 2. The maximum atomic E-state index is 12.2. The van der Waals surface area contributed by atoms with Crippen LogP contribution >= 0.6 is 0 Å². The number of amides is 1. The molecule has 27 heavy (non-hydrogen) atoms. The van der Waals surface area contributed by atoms with Crippen molar-refractivity contribution < 1.29 is 34.1 Å². The van der Waals surface area contributed by atoms with Gasteiger partial charge in [0.05, 0.1) is 30.4 Å². The Morgan fingerprint density at radius 1 is 1.19 bits per heavy atom. The van der Waals surface area contributed by atoms with Crippen LogP contribution in [0.5, 0.6) is 0 Å². The van der Waals surface area contributed by atoms with E-state index in [1.165, 1.54) is 18.2 Å². The average Bonchev–Trinajstić information content (AvgIpc) is 2.58. The molecule has 1 aliphatic heterocycles. The van der Waals surface area contributed by atoms with Gasteiger partial charge in [-0.2, -0.15) is 0 Å². The third kappa shape index (κ3) is 5.68. The minimum atomic E-state index is -1.31. The molecule has 0 spiro atoms. The number of piperidine rings is 1. The molecule has 1 aromatic carbocycles. The Hall–Kier alpha value is -2.61. The molecule has 0 radical (unpaired) electrons. The molecule has 0 aromatic heterocycles. The summed E-state index contributed by atoms with van der Waals surface area (Å²) in [6.07, 6.45) is 0.779. The number of benzene rings is 1. The number of hydrogen-bond donors (Lipinski definition) is 2. The number of likely N-dealkylation sites (tertiary alicyclic amines) is 1. The lowest BCUT2D eigenvalue weighted by Gasteiger charge is -2.34. The van der Waals surface area contributed by atoms with Crippen molar-refractivity contribution in [1.29, 1.82) is 0 Å². The second kappa shape index (κ2) is 8.39. The van der Waals surface area contributed by atoms with E-state index in [2.05, 4.69) is 0 Å². The summed E-state index contributed by atoms with van der Waals surface area (Å²) in [6, 6.07) is 4.27. The lowest BCUT2D eigenvalue weighted by atomic mass is 10.0. The quantitative estimate of drug-likeness (QED) is 0.808. The Balaban J connectivity index is 2.04. The molecule has 0 saturated carbocycles. The molecule has 1 saturated heterocycles. The van der Waals surface area contributed by atoms with E-state index in [9.17, 15) is 24.6 Å². The van der Waals surface area contributed by atoms with Crippen molar-refractivity contribution >= 4 is 18.0 Å². The minimum Gasteiger partial charge on any atom is -0.478 e. The van der Waals surface area contributed by atoms with Gasteiger partial charge in [-0.25, -0.2) is 14.4 Å². The summed E-state index contributed by atoms with van der Waals surface area (Å²) in [7, 11) is 0. The van der Waals surface area contributed by atoms with Crippen LogP contribution in [0.3, 0.4) is 0 Å². The van der Waals surface area contributed by atoms with E-state index in [1.54, 1.807) is 25.7 Å². The van der Waals surface area contributed by atoms with E-state index in [-0.39, 0.29) is 29.4 Å². The number of ether oxygens (including phenoxy) is 2. The Morgan fingerprint density at radius 2 is 1.89 bits per heavy atom. The number of carboxylic acids is 2. The molecular formula is C19H25NO7. The number of nitrogens with zero attached hydrogens (tertiary/aromatic N) is 1. The van der Waals surface area contributed by atoms with Gasteiger partial charge in [-0.3, -0.25) is 0 Å². The molecule has 1 atom stereocenters. The van der Waals surface area contributed by atoms with Crippen LogP contribution < -0.4 is 0 Å². The fourth-order valence-electron chi connectivity index (χ4n) is 2.93. The molecule has 1 heterocycles. The molecule has 0 bridgehead atoms. The van der Waals surface area contributed by atoms with E-state index in [0.29, 0.717) is 13.1 Å². The monoisotopic (exact) mass is 379 g/mol.